The average Bonchev–Trinajstić information content (AvgIpc) is 1.90. The van der Waals surface area contributed by atoms with Gasteiger partial charge in [0.2, 0.25) is 0 Å². The molecule has 0 atom stereocenters. The van der Waals surface area contributed by atoms with E-state index in [0.29, 0.717) is 0 Å². The molecule has 0 unspecified atom stereocenters. The Bertz CT molecular complexity index is 203. The van der Waals surface area contributed by atoms with Gasteiger partial charge in [-0.2, -0.15) is 24.6 Å². The fourth-order valence-corrected chi connectivity index (χ4v) is 0.654. The van der Waals surface area contributed by atoms with Gasteiger partial charge in [0, 0.05) is 0 Å². The quantitative estimate of drug-likeness (QED) is 0.427. The minimum Gasteiger partial charge on any atom is -1.00 e. The normalized spacial score (nSPS) is 7.27. The molecule has 0 aliphatic rings. The van der Waals surface area contributed by atoms with E-state index < -0.39 is 0 Å². The number of hydrogen-bond donors (Lipinski definition) is 0. The summed E-state index contributed by atoms with van der Waals surface area (Å²) in [5, 5.41) is 0. The van der Waals surface area contributed by atoms with E-state index in [2.05, 4.69) is 13.5 Å². The van der Waals surface area contributed by atoms with Crippen molar-refractivity contribution in [1.29, 1.82) is 0 Å². The summed E-state index contributed by atoms with van der Waals surface area (Å²) in [6.45, 7) is 7.40. The molecule has 2 heteroatoms. The molecule has 0 aliphatic carbocycles. The predicted octanol–water partition coefficient (Wildman–Crippen LogP) is -0.865. The summed E-state index contributed by atoms with van der Waals surface area (Å²) in [5.41, 5.74) is 2.18. The zero-order chi connectivity index (χ0) is 6.69. The molecule has 0 amide bonds. The molecule has 0 aromatic heterocycles. The molecule has 0 aliphatic heterocycles. The van der Waals surface area contributed by atoms with Crippen molar-refractivity contribution in [3.8, 4) is 0 Å². The molecule has 1 aromatic rings. The second-order valence-electron chi connectivity index (χ2n) is 1.95. The number of hydrogen-bond acceptors (Lipinski definition) is 0. The van der Waals surface area contributed by atoms with Gasteiger partial charge in [0.05, 0.1) is 0 Å². The first kappa shape index (κ1) is 13.7. The third kappa shape index (κ3) is 4.51. The summed E-state index contributed by atoms with van der Waals surface area (Å²) in [4.78, 5) is 0. The summed E-state index contributed by atoms with van der Waals surface area (Å²) >= 11 is 0. The fourth-order valence-electron chi connectivity index (χ4n) is 0.654. The van der Waals surface area contributed by atoms with Crippen LogP contribution in [0.15, 0.2) is 30.8 Å². The Balaban J connectivity index is 0. The smallest absolute Gasteiger partial charge is 1.00 e. The summed E-state index contributed by atoms with van der Waals surface area (Å²) in [5.74, 6) is 0. The van der Waals surface area contributed by atoms with Gasteiger partial charge in [0.25, 0.3) is 0 Å². The molecule has 1 rings (SSSR count). The number of halogens is 1. The van der Waals surface area contributed by atoms with Gasteiger partial charge in [-0.25, -0.2) is 0 Å². The molecule has 0 fully saturated rings. The van der Waals surface area contributed by atoms with Gasteiger partial charge in [-0.15, -0.1) is 12.1 Å². The van der Waals surface area contributed by atoms with Crippen LogP contribution in [0.3, 0.4) is 0 Å². The molecule has 11 heavy (non-hydrogen) atoms. The van der Waals surface area contributed by atoms with Crippen LogP contribution in [0.25, 0.3) is 6.08 Å². The maximum atomic E-state index is 3.76. The molecule has 0 bridgehead atoms. The van der Waals surface area contributed by atoms with Crippen molar-refractivity contribution in [3.05, 3.63) is 48.9 Å². The van der Waals surface area contributed by atoms with Crippen LogP contribution in [0, 0.1) is 6.92 Å². The summed E-state index contributed by atoms with van der Waals surface area (Å²) < 4.78 is 0. The Labute approximate surface area is 94.6 Å². The molecule has 0 N–H and O–H groups in total. The van der Waals surface area contributed by atoms with Crippen molar-refractivity contribution < 1.29 is 17.0 Å². The molecule has 54 valence electrons. The van der Waals surface area contributed by atoms with Gasteiger partial charge < -0.3 is 17.0 Å². The Morgan fingerprint density at radius 3 is 2.00 bits per heavy atom. The van der Waals surface area contributed by atoms with E-state index in [1.54, 1.807) is 0 Å². The van der Waals surface area contributed by atoms with E-state index in [4.69, 9.17) is 0 Å². The fraction of sp³-hybridized carbons (Fsp3) is 0. The largest absolute Gasteiger partial charge is 2.00 e. The zero-order valence-corrected chi connectivity index (χ0v) is 9.39. The standard InChI is InChI=1S/C9H9.BrH.Mg/c1-3-9-6-4-8(2)5-7-9;;/h3-7H,1-2H2;1H;/q-1;;+2/p-1. The van der Waals surface area contributed by atoms with Gasteiger partial charge in [0.1, 0.15) is 0 Å². The van der Waals surface area contributed by atoms with Crippen LogP contribution in [0.4, 0.5) is 0 Å². The zero-order valence-electron chi connectivity index (χ0n) is 6.39. The van der Waals surface area contributed by atoms with Crippen LogP contribution in [-0.2, 0) is 0 Å². The molecule has 0 nitrogen and oxygen atoms in total. The first-order valence-corrected chi connectivity index (χ1v) is 2.87. The Morgan fingerprint density at radius 1 is 1.18 bits per heavy atom. The third-order valence-corrected chi connectivity index (χ3v) is 1.22. The van der Waals surface area contributed by atoms with E-state index in [1.807, 2.05) is 30.3 Å². The van der Waals surface area contributed by atoms with Gasteiger partial charge in [-0.3, -0.25) is 0 Å². The minimum absolute atomic E-state index is 0. The van der Waals surface area contributed by atoms with Crippen molar-refractivity contribution in [3.63, 3.8) is 0 Å². The first-order chi connectivity index (χ1) is 4.33. The van der Waals surface area contributed by atoms with E-state index in [1.165, 1.54) is 0 Å². The van der Waals surface area contributed by atoms with Gasteiger partial charge in [0.15, 0.2) is 0 Å². The molecule has 0 saturated heterocycles. The van der Waals surface area contributed by atoms with Crippen LogP contribution in [0.5, 0.6) is 0 Å². The SMILES string of the molecule is C=Cc1ccc([CH2-])cc1.[Br-].[Mg+2]. The summed E-state index contributed by atoms with van der Waals surface area (Å²) in [6.07, 6.45) is 1.82. The van der Waals surface area contributed by atoms with Gasteiger partial charge >= 0.3 is 23.1 Å². The molecule has 1 aromatic carbocycles. The van der Waals surface area contributed by atoms with Crippen LogP contribution in [-0.4, -0.2) is 23.1 Å². The Hall–Kier alpha value is 0.0762. The monoisotopic (exact) mass is 220 g/mol. The van der Waals surface area contributed by atoms with E-state index in [0.717, 1.165) is 11.1 Å². The number of benzene rings is 1. The van der Waals surface area contributed by atoms with Crippen molar-refractivity contribution in [1.82, 2.24) is 0 Å². The van der Waals surface area contributed by atoms with Crippen LogP contribution in [0.1, 0.15) is 11.1 Å². The summed E-state index contributed by atoms with van der Waals surface area (Å²) in [6, 6.07) is 7.93. The molecule has 0 saturated carbocycles. The van der Waals surface area contributed by atoms with Crippen molar-refractivity contribution in [2.45, 2.75) is 0 Å². The Kier molecular flexibility index (Phi) is 8.40. The van der Waals surface area contributed by atoms with Gasteiger partial charge in [-0.05, 0) is 0 Å². The topological polar surface area (TPSA) is 0 Å². The minimum atomic E-state index is 0. The third-order valence-electron chi connectivity index (χ3n) is 1.22. The van der Waals surface area contributed by atoms with E-state index in [-0.39, 0.29) is 40.0 Å². The first-order valence-electron chi connectivity index (χ1n) is 2.87. The molecule has 0 heterocycles. The van der Waals surface area contributed by atoms with Gasteiger partial charge in [-0.1, -0.05) is 18.2 Å². The van der Waals surface area contributed by atoms with E-state index >= 15 is 0 Å². The Morgan fingerprint density at radius 2 is 1.64 bits per heavy atom. The maximum absolute atomic E-state index is 3.76. The predicted molar refractivity (Wildman–Crippen MR) is 46.7 cm³/mol. The van der Waals surface area contributed by atoms with Crippen LogP contribution >= 0.6 is 0 Å². The van der Waals surface area contributed by atoms with Crippen molar-refractivity contribution in [2.75, 3.05) is 0 Å². The molecular weight excluding hydrogens is 212 g/mol. The summed E-state index contributed by atoms with van der Waals surface area (Å²) in [7, 11) is 0. The van der Waals surface area contributed by atoms with Crippen LogP contribution < -0.4 is 17.0 Å². The van der Waals surface area contributed by atoms with E-state index in [9.17, 15) is 0 Å². The molecule has 0 radical (unpaired) electrons. The molecular formula is C9H9BrMg. The number of rotatable bonds is 1. The maximum Gasteiger partial charge on any atom is 2.00 e. The van der Waals surface area contributed by atoms with Crippen LogP contribution in [0.2, 0.25) is 0 Å². The molecule has 0 spiro atoms. The second kappa shape index (κ2) is 6.77. The van der Waals surface area contributed by atoms with Crippen molar-refractivity contribution in [2.24, 2.45) is 0 Å². The second-order valence-corrected chi connectivity index (χ2v) is 1.95. The average molecular weight is 221 g/mol. The van der Waals surface area contributed by atoms with Crippen molar-refractivity contribution >= 4 is 29.1 Å².